The molecule has 0 bridgehead atoms. The molecule has 5 rings (SSSR count). The number of alkyl halides is 3. The van der Waals surface area contributed by atoms with Crippen LogP contribution in [-0.2, 0) is 11.0 Å². The van der Waals surface area contributed by atoms with Crippen molar-refractivity contribution in [2.24, 2.45) is 0 Å². The van der Waals surface area contributed by atoms with Gasteiger partial charge in [-0.1, -0.05) is 17.7 Å². The molecule has 0 radical (unpaired) electrons. The standard InChI is InChI=1S/C27H24ClF4N7O3/c28-18-8-14(3-6-20(18)36-26(42)37-21-9-16(27(30,31)32)4-5-19(21)29)17-10-22(39-24(17)25(33)34-13-35-39)15-2-1-7-38(11-15)23(41)12-40/h3-6,8-10,13,15,40H,1-2,7,11-12H2,(H2,33,34,35)(H2,36,37,42). The number of carbonyl (C=O) groups excluding carboxylic acids is 2. The Kier molecular flexibility index (Phi) is 7.93. The number of nitrogen functional groups attached to an aromatic ring is 1. The summed E-state index contributed by atoms with van der Waals surface area (Å²) in [7, 11) is 0. The van der Waals surface area contributed by atoms with Crippen molar-refractivity contribution < 1.29 is 32.3 Å². The zero-order chi connectivity index (χ0) is 30.2. The lowest BCUT2D eigenvalue weighted by Gasteiger charge is -2.32. The highest BCUT2D eigenvalue weighted by molar-refractivity contribution is 6.34. The van der Waals surface area contributed by atoms with E-state index in [4.69, 9.17) is 17.3 Å². The predicted molar refractivity (Wildman–Crippen MR) is 148 cm³/mol. The Morgan fingerprint density at radius 3 is 2.60 bits per heavy atom. The summed E-state index contributed by atoms with van der Waals surface area (Å²) in [5.41, 5.74) is 7.09. The van der Waals surface area contributed by atoms with Gasteiger partial charge in [0.15, 0.2) is 5.82 Å². The molecule has 1 fully saturated rings. The molecular formula is C27H24ClF4N7O3. The molecule has 1 atom stereocenters. The number of hydrogen-bond donors (Lipinski definition) is 4. The van der Waals surface area contributed by atoms with Crippen LogP contribution >= 0.6 is 11.6 Å². The molecule has 3 amide bonds. The van der Waals surface area contributed by atoms with Gasteiger partial charge >= 0.3 is 12.2 Å². The van der Waals surface area contributed by atoms with Crippen molar-refractivity contribution in [3.63, 3.8) is 0 Å². The maximum absolute atomic E-state index is 14.1. The largest absolute Gasteiger partial charge is 0.416 e. The van der Waals surface area contributed by atoms with Crippen LogP contribution in [0.15, 0.2) is 48.8 Å². The van der Waals surface area contributed by atoms with Crippen molar-refractivity contribution in [1.29, 1.82) is 0 Å². The fourth-order valence-electron chi connectivity index (χ4n) is 5.01. The Morgan fingerprint density at radius 1 is 1.12 bits per heavy atom. The van der Waals surface area contributed by atoms with E-state index in [9.17, 15) is 32.3 Å². The number of anilines is 3. The summed E-state index contributed by atoms with van der Waals surface area (Å²) in [6, 6.07) is 7.22. The van der Waals surface area contributed by atoms with Crippen LogP contribution in [-0.4, -0.2) is 56.2 Å². The molecule has 1 aliphatic heterocycles. The molecule has 220 valence electrons. The second-order valence-corrected chi connectivity index (χ2v) is 10.1. The third-order valence-corrected chi connectivity index (χ3v) is 7.32. The molecular weight excluding hydrogens is 582 g/mol. The average Bonchev–Trinajstić information content (AvgIpc) is 3.35. The zero-order valence-corrected chi connectivity index (χ0v) is 22.5. The minimum atomic E-state index is -4.72. The number of likely N-dealkylation sites (tertiary alicyclic amines) is 1. The predicted octanol–water partition coefficient (Wildman–Crippen LogP) is 5.13. The van der Waals surface area contributed by atoms with E-state index in [1.807, 2.05) is 6.07 Å². The molecule has 2 aromatic carbocycles. The molecule has 5 N–H and O–H groups in total. The average molecular weight is 606 g/mol. The third kappa shape index (κ3) is 5.81. The highest BCUT2D eigenvalue weighted by Gasteiger charge is 2.31. The van der Waals surface area contributed by atoms with Gasteiger partial charge in [-0.3, -0.25) is 4.79 Å². The van der Waals surface area contributed by atoms with Gasteiger partial charge in [0.2, 0.25) is 5.91 Å². The van der Waals surface area contributed by atoms with Gasteiger partial charge in [0.05, 0.1) is 22.0 Å². The Bertz CT molecular complexity index is 1680. The molecule has 2 aromatic heterocycles. The molecule has 1 saturated heterocycles. The minimum absolute atomic E-state index is 0.0841. The van der Waals surface area contributed by atoms with Crippen molar-refractivity contribution in [1.82, 2.24) is 19.5 Å². The second-order valence-electron chi connectivity index (χ2n) is 9.69. The first-order chi connectivity index (χ1) is 20.0. The van der Waals surface area contributed by atoms with Gasteiger partial charge in [0, 0.05) is 30.3 Å². The Morgan fingerprint density at radius 2 is 1.88 bits per heavy atom. The number of nitrogens with two attached hydrogens (primary N) is 1. The Hall–Kier alpha value is -4.43. The minimum Gasteiger partial charge on any atom is -0.387 e. The monoisotopic (exact) mass is 605 g/mol. The normalized spacial score (nSPS) is 15.6. The van der Waals surface area contributed by atoms with E-state index < -0.39 is 35.9 Å². The summed E-state index contributed by atoms with van der Waals surface area (Å²) >= 11 is 6.46. The van der Waals surface area contributed by atoms with E-state index in [1.54, 1.807) is 21.5 Å². The third-order valence-electron chi connectivity index (χ3n) is 7.01. The number of benzene rings is 2. The van der Waals surface area contributed by atoms with Crippen LogP contribution in [0.2, 0.25) is 5.02 Å². The molecule has 1 aliphatic rings. The number of nitrogens with zero attached hydrogens (tertiary/aromatic N) is 4. The fraction of sp³-hybridized carbons (Fsp3) is 0.259. The summed E-state index contributed by atoms with van der Waals surface area (Å²) in [6.45, 7) is 0.356. The number of carbonyl (C=O) groups is 2. The Balaban J connectivity index is 1.41. The van der Waals surface area contributed by atoms with E-state index in [-0.39, 0.29) is 28.4 Å². The van der Waals surface area contributed by atoms with Crippen molar-refractivity contribution >= 4 is 46.2 Å². The Labute approximate surface area is 241 Å². The van der Waals surface area contributed by atoms with Crippen LogP contribution in [0, 0.1) is 5.82 Å². The van der Waals surface area contributed by atoms with Crippen molar-refractivity contribution in [3.8, 4) is 11.1 Å². The molecule has 15 heteroatoms. The highest BCUT2D eigenvalue weighted by Crippen LogP contribution is 2.38. The van der Waals surface area contributed by atoms with Crippen LogP contribution in [0.5, 0.6) is 0 Å². The van der Waals surface area contributed by atoms with Gasteiger partial charge < -0.3 is 26.4 Å². The van der Waals surface area contributed by atoms with Crippen LogP contribution in [0.3, 0.4) is 0 Å². The smallest absolute Gasteiger partial charge is 0.387 e. The molecule has 1 unspecified atom stereocenters. The van der Waals surface area contributed by atoms with Crippen LogP contribution < -0.4 is 16.4 Å². The number of halogens is 5. The number of rotatable bonds is 5. The van der Waals surface area contributed by atoms with Gasteiger partial charge in [0.1, 0.15) is 24.3 Å². The van der Waals surface area contributed by atoms with Crippen LogP contribution in [0.4, 0.5) is 39.5 Å². The number of fused-ring (bicyclic) bond motifs is 1. The quantitative estimate of drug-likeness (QED) is 0.233. The first-order valence-corrected chi connectivity index (χ1v) is 13.1. The maximum atomic E-state index is 14.1. The van der Waals surface area contributed by atoms with Crippen LogP contribution in [0.1, 0.15) is 30.0 Å². The van der Waals surface area contributed by atoms with Gasteiger partial charge in [-0.25, -0.2) is 18.7 Å². The summed E-state index contributed by atoms with van der Waals surface area (Å²) < 4.78 is 54.7. The maximum Gasteiger partial charge on any atom is 0.416 e. The van der Waals surface area contributed by atoms with Gasteiger partial charge in [-0.2, -0.15) is 18.3 Å². The molecule has 0 spiro atoms. The number of urea groups is 1. The van der Waals surface area contributed by atoms with E-state index >= 15 is 0 Å². The molecule has 10 nitrogen and oxygen atoms in total. The van der Waals surface area contributed by atoms with E-state index in [2.05, 4.69) is 20.7 Å². The number of aliphatic hydroxyl groups excluding tert-OH is 1. The lowest BCUT2D eigenvalue weighted by atomic mass is 9.94. The van der Waals surface area contributed by atoms with E-state index in [0.29, 0.717) is 47.9 Å². The lowest BCUT2D eigenvalue weighted by Crippen LogP contribution is -2.40. The van der Waals surface area contributed by atoms with Crippen molar-refractivity contribution in [2.75, 3.05) is 36.1 Å². The van der Waals surface area contributed by atoms with E-state index in [1.165, 1.54) is 12.4 Å². The number of piperidine rings is 1. The topological polar surface area (TPSA) is 138 Å². The first-order valence-electron chi connectivity index (χ1n) is 12.7. The molecule has 4 aromatic rings. The summed E-state index contributed by atoms with van der Waals surface area (Å²) in [4.78, 5) is 30.3. The number of aliphatic hydroxyl groups is 1. The summed E-state index contributed by atoms with van der Waals surface area (Å²) in [5.74, 6) is -1.30. The number of amides is 3. The highest BCUT2D eigenvalue weighted by atomic mass is 35.5. The van der Waals surface area contributed by atoms with Gasteiger partial charge in [-0.15, -0.1) is 0 Å². The summed E-state index contributed by atoms with van der Waals surface area (Å²) in [5, 5.41) is 18.2. The molecule has 42 heavy (non-hydrogen) atoms. The zero-order valence-electron chi connectivity index (χ0n) is 21.8. The van der Waals surface area contributed by atoms with E-state index in [0.717, 1.165) is 18.5 Å². The van der Waals surface area contributed by atoms with Gasteiger partial charge in [0.25, 0.3) is 0 Å². The first kappa shape index (κ1) is 29.1. The summed E-state index contributed by atoms with van der Waals surface area (Å²) in [6.07, 6.45) is -1.89. The molecule has 0 aliphatic carbocycles. The lowest BCUT2D eigenvalue weighted by molar-refractivity contribution is -0.137. The van der Waals surface area contributed by atoms with Crippen molar-refractivity contribution in [2.45, 2.75) is 24.9 Å². The number of hydrogen-bond acceptors (Lipinski definition) is 6. The molecule has 0 saturated carbocycles. The number of aromatic nitrogens is 3. The molecule has 3 heterocycles. The van der Waals surface area contributed by atoms with Crippen LogP contribution in [0.25, 0.3) is 16.6 Å². The van der Waals surface area contributed by atoms with Crippen molar-refractivity contribution in [3.05, 3.63) is 70.9 Å². The second kappa shape index (κ2) is 11.4. The fourth-order valence-corrected chi connectivity index (χ4v) is 5.23. The van der Waals surface area contributed by atoms with Gasteiger partial charge in [-0.05, 0) is 54.8 Å². The number of nitrogens with one attached hydrogen (secondary N) is 2. The SMILES string of the molecule is Nc1ncnn2c(C3CCCN(C(=O)CO)C3)cc(-c3ccc(NC(=O)Nc4cc(C(F)(F)F)ccc4F)c(Cl)c3)c12.